The molecule has 31 heavy (non-hydrogen) atoms. The quantitative estimate of drug-likeness (QED) is 0.480. The molecule has 0 aliphatic heterocycles. The third kappa shape index (κ3) is 5.24. The maximum atomic E-state index is 14.3. The Balaban J connectivity index is 1.37. The fourth-order valence-electron chi connectivity index (χ4n) is 2.88. The van der Waals surface area contributed by atoms with Gasteiger partial charge in [0.2, 0.25) is 11.9 Å². The van der Waals surface area contributed by atoms with Crippen LogP contribution in [0.1, 0.15) is 18.4 Å². The largest absolute Gasteiger partial charge is 0.494 e. The highest BCUT2D eigenvalue weighted by atomic mass is 19.1. The number of nitrogens with one attached hydrogen (secondary N) is 3. The Labute approximate surface area is 176 Å². The predicted octanol–water partition coefficient (Wildman–Crippen LogP) is 2.59. The Morgan fingerprint density at radius 2 is 2.13 bits per heavy atom. The van der Waals surface area contributed by atoms with E-state index in [1.54, 1.807) is 18.5 Å². The van der Waals surface area contributed by atoms with Crippen LogP contribution in [0.5, 0.6) is 5.75 Å². The van der Waals surface area contributed by atoms with Crippen LogP contribution in [0.4, 0.5) is 26.2 Å². The van der Waals surface area contributed by atoms with E-state index >= 15 is 0 Å². The lowest BCUT2D eigenvalue weighted by Crippen LogP contribution is -2.29. The first kappa shape index (κ1) is 20.5. The molecule has 2 heterocycles. The number of hydrogen-bond donors (Lipinski definition) is 3. The summed E-state index contributed by atoms with van der Waals surface area (Å²) >= 11 is 0. The van der Waals surface area contributed by atoms with Crippen molar-refractivity contribution in [2.45, 2.75) is 32.0 Å². The number of amides is 1. The molecule has 11 heteroatoms. The number of nitrogens with zero attached hydrogens (tertiary/aromatic N) is 4. The summed E-state index contributed by atoms with van der Waals surface area (Å²) in [6, 6.07) is 4.25. The highest BCUT2D eigenvalue weighted by molar-refractivity contribution is 5.76. The highest BCUT2D eigenvalue weighted by Gasteiger charge is 2.23. The van der Waals surface area contributed by atoms with Gasteiger partial charge in [0.15, 0.2) is 11.6 Å². The number of methoxy groups -OCH3 is 1. The van der Waals surface area contributed by atoms with Gasteiger partial charge in [0.05, 0.1) is 19.0 Å². The van der Waals surface area contributed by atoms with E-state index in [-0.39, 0.29) is 36.3 Å². The molecule has 0 radical (unpaired) electrons. The molecule has 1 fully saturated rings. The second kappa shape index (κ2) is 8.94. The first-order chi connectivity index (χ1) is 15.0. The average molecular weight is 429 g/mol. The first-order valence-corrected chi connectivity index (χ1v) is 9.68. The number of halogens is 2. The molecular weight excluding hydrogens is 408 g/mol. The molecule has 0 bridgehead atoms. The third-order valence-electron chi connectivity index (χ3n) is 4.61. The molecule has 0 saturated heterocycles. The summed E-state index contributed by atoms with van der Waals surface area (Å²) in [6.45, 7) is -0.00232. The van der Waals surface area contributed by atoms with Gasteiger partial charge in [0, 0.05) is 30.5 Å². The fraction of sp³-hybridized carbons (Fsp3) is 0.300. The maximum Gasteiger partial charge on any atom is 0.241 e. The molecule has 0 unspecified atom stereocenters. The molecule has 9 nitrogen and oxygen atoms in total. The van der Waals surface area contributed by atoms with Crippen molar-refractivity contribution < 1.29 is 18.3 Å². The number of ether oxygens (including phenoxy) is 1. The number of rotatable bonds is 9. The standard InChI is InChI=1S/C20H21F2N7O2/c1-31-16-5-4-15(21)14(19(16)22)9-24-17-6-7-23-20(28-17)27-13-8-25-29(10-13)11-18(30)26-12-2-3-12/h4-8,10,12H,2-3,9,11H2,1H3,(H,26,30)(H2,23,24,27,28). The molecular formula is C20H21F2N7O2. The minimum absolute atomic E-state index is 0.0360. The summed E-state index contributed by atoms with van der Waals surface area (Å²) in [4.78, 5) is 20.3. The molecule has 4 rings (SSSR count). The van der Waals surface area contributed by atoms with Gasteiger partial charge in [-0.1, -0.05) is 0 Å². The van der Waals surface area contributed by atoms with E-state index in [0.717, 1.165) is 18.9 Å². The van der Waals surface area contributed by atoms with E-state index in [1.807, 2.05) is 0 Å². The Morgan fingerprint density at radius 3 is 2.90 bits per heavy atom. The van der Waals surface area contributed by atoms with Crippen molar-refractivity contribution in [3.05, 3.63) is 54.0 Å². The van der Waals surface area contributed by atoms with Crippen LogP contribution in [0.2, 0.25) is 0 Å². The first-order valence-electron chi connectivity index (χ1n) is 9.68. The van der Waals surface area contributed by atoms with Gasteiger partial charge in [0.1, 0.15) is 18.2 Å². The number of carbonyl (C=O) groups is 1. The molecule has 1 aliphatic rings. The lowest BCUT2D eigenvalue weighted by atomic mass is 10.2. The van der Waals surface area contributed by atoms with Crippen LogP contribution < -0.4 is 20.7 Å². The third-order valence-corrected chi connectivity index (χ3v) is 4.61. The van der Waals surface area contributed by atoms with Crippen molar-refractivity contribution in [1.82, 2.24) is 25.1 Å². The second-order valence-corrected chi connectivity index (χ2v) is 7.05. The van der Waals surface area contributed by atoms with Crippen LogP contribution >= 0.6 is 0 Å². The maximum absolute atomic E-state index is 14.3. The minimum atomic E-state index is -0.763. The lowest BCUT2D eigenvalue weighted by molar-refractivity contribution is -0.122. The Bertz CT molecular complexity index is 1090. The summed E-state index contributed by atoms with van der Waals surface area (Å²) in [5, 5.41) is 12.9. The van der Waals surface area contributed by atoms with Crippen LogP contribution in [-0.4, -0.2) is 38.8 Å². The van der Waals surface area contributed by atoms with Crippen molar-refractivity contribution in [2.75, 3.05) is 17.7 Å². The van der Waals surface area contributed by atoms with Crippen LogP contribution in [0.15, 0.2) is 36.8 Å². The number of carbonyl (C=O) groups excluding carboxylic acids is 1. The summed E-state index contributed by atoms with van der Waals surface area (Å²) < 4.78 is 34.7. The smallest absolute Gasteiger partial charge is 0.241 e. The zero-order chi connectivity index (χ0) is 21.8. The Morgan fingerprint density at radius 1 is 1.29 bits per heavy atom. The molecule has 0 spiro atoms. The molecule has 162 valence electrons. The molecule has 2 aromatic heterocycles. The Kier molecular flexibility index (Phi) is 5.92. The van der Waals surface area contributed by atoms with E-state index < -0.39 is 11.6 Å². The minimum Gasteiger partial charge on any atom is -0.494 e. The van der Waals surface area contributed by atoms with Gasteiger partial charge in [-0.05, 0) is 31.0 Å². The molecule has 1 aliphatic carbocycles. The van der Waals surface area contributed by atoms with Gasteiger partial charge in [-0.3, -0.25) is 9.48 Å². The normalized spacial score (nSPS) is 13.0. The molecule has 3 N–H and O–H groups in total. The van der Waals surface area contributed by atoms with Crippen molar-refractivity contribution >= 4 is 23.4 Å². The van der Waals surface area contributed by atoms with Crippen LogP contribution in [-0.2, 0) is 17.9 Å². The van der Waals surface area contributed by atoms with Gasteiger partial charge in [-0.15, -0.1) is 0 Å². The molecule has 1 saturated carbocycles. The topological polar surface area (TPSA) is 106 Å². The monoisotopic (exact) mass is 429 g/mol. The van der Waals surface area contributed by atoms with Crippen molar-refractivity contribution in [1.29, 1.82) is 0 Å². The van der Waals surface area contributed by atoms with E-state index in [4.69, 9.17) is 4.74 Å². The SMILES string of the molecule is COc1ccc(F)c(CNc2ccnc(Nc3cnn(CC(=O)NC4CC4)c3)n2)c1F. The number of hydrogen-bond acceptors (Lipinski definition) is 7. The lowest BCUT2D eigenvalue weighted by Gasteiger charge is -2.11. The molecule has 1 amide bonds. The zero-order valence-corrected chi connectivity index (χ0v) is 16.7. The second-order valence-electron chi connectivity index (χ2n) is 7.05. The van der Waals surface area contributed by atoms with Gasteiger partial charge >= 0.3 is 0 Å². The van der Waals surface area contributed by atoms with E-state index in [2.05, 4.69) is 31.0 Å². The summed E-state index contributed by atoms with van der Waals surface area (Å²) in [7, 11) is 1.32. The van der Waals surface area contributed by atoms with Crippen LogP contribution in [0.25, 0.3) is 0 Å². The van der Waals surface area contributed by atoms with Gasteiger partial charge < -0.3 is 20.7 Å². The molecule has 3 aromatic rings. The van der Waals surface area contributed by atoms with Crippen molar-refractivity contribution in [3.63, 3.8) is 0 Å². The number of aromatic nitrogens is 4. The molecule has 0 atom stereocenters. The van der Waals surface area contributed by atoms with Gasteiger partial charge in [-0.25, -0.2) is 13.8 Å². The highest BCUT2D eigenvalue weighted by Crippen LogP contribution is 2.24. The molecule has 1 aromatic carbocycles. The van der Waals surface area contributed by atoms with E-state index in [0.29, 0.717) is 17.5 Å². The van der Waals surface area contributed by atoms with Crippen molar-refractivity contribution in [2.24, 2.45) is 0 Å². The Hall–Kier alpha value is -3.76. The van der Waals surface area contributed by atoms with Gasteiger partial charge in [-0.2, -0.15) is 10.1 Å². The van der Waals surface area contributed by atoms with E-state index in [1.165, 1.54) is 24.1 Å². The van der Waals surface area contributed by atoms with Gasteiger partial charge in [0.25, 0.3) is 0 Å². The predicted molar refractivity (Wildman–Crippen MR) is 109 cm³/mol. The summed E-state index contributed by atoms with van der Waals surface area (Å²) in [6.07, 6.45) is 6.77. The number of benzene rings is 1. The average Bonchev–Trinajstić information content (AvgIpc) is 3.45. The zero-order valence-electron chi connectivity index (χ0n) is 16.7. The summed E-state index contributed by atoms with van der Waals surface area (Å²) in [5.74, 6) is -0.937. The fourth-order valence-corrected chi connectivity index (χ4v) is 2.88. The van der Waals surface area contributed by atoms with Crippen molar-refractivity contribution in [3.8, 4) is 5.75 Å². The van der Waals surface area contributed by atoms with Crippen LogP contribution in [0.3, 0.4) is 0 Å². The summed E-state index contributed by atoms with van der Waals surface area (Å²) in [5.41, 5.74) is 0.444. The van der Waals surface area contributed by atoms with Crippen LogP contribution in [0, 0.1) is 11.6 Å². The number of anilines is 3. The van der Waals surface area contributed by atoms with E-state index in [9.17, 15) is 13.6 Å².